The average Bonchev–Trinajstić information content (AvgIpc) is 3.22. The Morgan fingerprint density at radius 1 is 1.18 bits per heavy atom. The second kappa shape index (κ2) is 8.96. The van der Waals surface area contributed by atoms with E-state index in [0.29, 0.717) is 28.3 Å². The van der Waals surface area contributed by atoms with Crippen molar-refractivity contribution in [2.24, 2.45) is 0 Å². The number of nitrogens with one attached hydrogen (secondary N) is 2. The summed E-state index contributed by atoms with van der Waals surface area (Å²) in [6.45, 7) is 6.85. The van der Waals surface area contributed by atoms with Gasteiger partial charge in [0.1, 0.15) is 5.82 Å². The minimum Gasteiger partial charge on any atom is -0.368 e. The fourth-order valence-corrected chi connectivity index (χ4v) is 5.29. The molecule has 0 saturated carbocycles. The van der Waals surface area contributed by atoms with Gasteiger partial charge in [-0.3, -0.25) is 14.8 Å². The van der Waals surface area contributed by atoms with E-state index < -0.39 is 5.82 Å². The lowest BCUT2D eigenvalue weighted by molar-refractivity contribution is 0.0951. The number of aryl methyl sites for hydroxylation is 2. The normalized spacial score (nSPS) is 19.4. The van der Waals surface area contributed by atoms with Crippen LogP contribution in [0.25, 0.3) is 11.1 Å². The number of halogens is 2. The van der Waals surface area contributed by atoms with E-state index in [4.69, 9.17) is 11.6 Å². The minimum atomic E-state index is -0.426. The van der Waals surface area contributed by atoms with Gasteiger partial charge in [-0.15, -0.1) is 0 Å². The van der Waals surface area contributed by atoms with Crippen molar-refractivity contribution in [2.45, 2.75) is 38.8 Å². The van der Waals surface area contributed by atoms with Gasteiger partial charge < -0.3 is 15.5 Å². The van der Waals surface area contributed by atoms with Crippen molar-refractivity contribution in [3.05, 3.63) is 76.1 Å². The highest BCUT2D eigenvalue weighted by atomic mass is 35.5. The summed E-state index contributed by atoms with van der Waals surface area (Å²) in [6, 6.07) is 8.34. The first-order chi connectivity index (χ1) is 16.3. The van der Waals surface area contributed by atoms with Gasteiger partial charge in [0.15, 0.2) is 0 Å². The summed E-state index contributed by atoms with van der Waals surface area (Å²) < 4.78 is 14.2. The molecule has 1 atom stereocenters. The van der Waals surface area contributed by atoms with Crippen LogP contribution in [-0.2, 0) is 6.54 Å². The van der Waals surface area contributed by atoms with E-state index >= 15 is 0 Å². The molecule has 1 spiro atoms. The molecular formula is C26H27ClFN5O. The molecule has 176 valence electrons. The third-order valence-electron chi connectivity index (χ3n) is 6.70. The van der Waals surface area contributed by atoms with E-state index in [1.807, 2.05) is 26.0 Å². The molecule has 0 bridgehead atoms. The molecule has 6 nitrogen and oxygen atoms in total. The second-order valence-corrected chi connectivity index (χ2v) is 9.75. The molecule has 5 rings (SSSR count). The lowest BCUT2D eigenvalue weighted by Gasteiger charge is -2.40. The van der Waals surface area contributed by atoms with Crippen molar-refractivity contribution >= 4 is 23.2 Å². The van der Waals surface area contributed by atoms with Crippen LogP contribution < -0.4 is 15.5 Å². The van der Waals surface area contributed by atoms with E-state index in [0.717, 1.165) is 55.1 Å². The molecule has 0 radical (unpaired) electrons. The molecule has 2 aromatic heterocycles. The topological polar surface area (TPSA) is 70.2 Å². The van der Waals surface area contributed by atoms with E-state index in [1.165, 1.54) is 12.1 Å². The maximum absolute atomic E-state index is 14.2. The zero-order chi connectivity index (χ0) is 23.9. The van der Waals surface area contributed by atoms with Crippen LogP contribution in [0.1, 0.15) is 40.2 Å². The molecule has 2 N–H and O–H groups in total. The van der Waals surface area contributed by atoms with Crippen molar-refractivity contribution in [1.82, 2.24) is 20.6 Å². The lowest BCUT2D eigenvalue weighted by Crippen LogP contribution is -2.58. The van der Waals surface area contributed by atoms with Crippen LogP contribution in [0, 0.1) is 19.7 Å². The first-order valence-corrected chi connectivity index (χ1v) is 11.9. The molecule has 2 fully saturated rings. The monoisotopic (exact) mass is 479 g/mol. The third-order valence-corrected chi connectivity index (χ3v) is 6.92. The molecule has 2 aliphatic heterocycles. The van der Waals surface area contributed by atoms with E-state index in [2.05, 4.69) is 25.5 Å². The fourth-order valence-electron chi connectivity index (χ4n) is 5.07. The number of amides is 1. The molecule has 1 unspecified atom stereocenters. The number of anilines is 1. The Labute approximate surface area is 203 Å². The van der Waals surface area contributed by atoms with E-state index in [-0.39, 0.29) is 11.4 Å². The third kappa shape index (κ3) is 4.50. The number of benzene rings is 1. The SMILES string of the molecule is Cc1cc(CNC(=O)c2cncc(-c3cc(F)cc(Cl)c3)c2N2CCC3(CCN3)C2)cc(C)n1. The second-order valence-electron chi connectivity index (χ2n) is 9.31. The van der Waals surface area contributed by atoms with E-state index in [1.54, 1.807) is 18.5 Å². The highest BCUT2D eigenvalue weighted by molar-refractivity contribution is 6.30. The Morgan fingerprint density at radius 3 is 2.59 bits per heavy atom. The van der Waals surface area contributed by atoms with Crippen LogP contribution in [0.15, 0.2) is 42.7 Å². The number of carbonyl (C=O) groups is 1. The Balaban J connectivity index is 1.51. The average molecular weight is 480 g/mol. The highest BCUT2D eigenvalue weighted by Gasteiger charge is 2.43. The minimum absolute atomic E-state index is 0.0833. The molecular weight excluding hydrogens is 453 g/mol. The van der Waals surface area contributed by atoms with Crippen LogP contribution in [0.2, 0.25) is 5.02 Å². The Kier molecular flexibility index (Phi) is 6.00. The molecule has 8 heteroatoms. The summed E-state index contributed by atoms with van der Waals surface area (Å²) in [5.74, 6) is -0.647. The maximum Gasteiger partial charge on any atom is 0.255 e. The van der Waals surface area contributed by atoms with Crippen molar-refractivity contribution in [3.8, 4) is 11.1 Å². The Morgan fingerprint density at radius 2 is 1.94 bits per heavy atom. The quantitative estimate of drug-likeness (QED) is 0.566. The van der Waals surface area contributed by atoms with Crippen LogP contribution in [0.4, 0.5) is 10.1 Å². The molecule has 2 saturated heterocycles. The van der Waals surface area contributed by atoms with Gasteiger partial charge in [-0.2, -0.15) is 0 Å². The summed E-state index contributed by atoms with van der Waals surface area (Å²) in [4.78, 5) is 24.4. The number of rotatable bonds is 5. The van der Waals surface area contributed by atoms with Crippen LogP contribution in [-0.4, -0.2) is 41.0 Å². The maximum atomic E-state index is 14.2. The number of nitrogens with zero attached hydrogens (tertiary/aromatic N) is 3. The smallest absolute Gasteiger partial charge is 0.255 e. The molecule has 34 heavy (non-hydrogen) atoms. The fraction of sp³-hybridized carbons (Fsp3) is 0.346. The molecule has 0 aliphatic carbocycles. The van der Waals surface area contributed by atoms with E-state index in [9.17, 15) is 9.18 Å². The number of aromatic nitrogens is 2. The van der Waals surface area contributed by atoms with Crippen molar-refractivity contribution in [1.29, 1.82) is 0 Å². The molecule has 3 aromatic rings. The summed E-state index contributed by atoms with van der Waals surface area (Å²) >= 11 is 6.17. The van der Waals surface area contributed by atoms with Gasteiger partial charge in [0.05, 0.1) is 11.3 Å². The van der Waals surface area contributed by atoms with Crippen LogP contribution in [0.5, 0.6) is 0 Å². The standard InChI is InChI=1S/C26H27ClFN5O/c1-16-7-18(8-17(2)32-16)12-30-25(34)23-14-29-13-22(19-9-20(27)11-21(28)10-19)24(23)33-6-4-26(15-33)3-5-31-26/h7-11,13-14,31H,3-6,12,15H2,1-2H3,(H,30,34). The molecule has 1 amide bonds. The summed E-state index contributed by atoms with van der Waals surface area (Å²) in [5, 5.41) is 6.90. The molecule has 4 heterocycles. The first kappa shape index (κ1) is 22.7. The summed E-state index contributed by atoms with van der Waals surface area (Å²) in [5.41, 5.74) is 5.42. The number of carbonyl (C=O) groups excluding carboxylic acids is 1. The predicted octanol–water partition coefficient (Wildman–Crippen LogP) is 4.43. The Hall–Kier alpha value is -3.03. The summed E-state index contributed by atoms with van der Waals surface area (Å²) in [7, 11) is 0. The zero-order valence-electron chi connectivity index (χ0n) is 19.3. The largest absolute Gasteiger partial charge is 0.368 e. The van der Waals surface area contributed by atoms with Crippen molar-refractivity contribution in [2.75, 3.05) is 24.5 Å². The van der Waals surface area contributed by atoms with Crippen LogP contribution >= 0.6 is 11.6 Å². The van der Waals surface area contributed by atoms with Gasteiger partial charge in [0.2, 0.25) is 0 Å². The van der Waals surface area contributed by atoms with Crippen molar-refractivity contribution in [3.63, 3.8) is 0 Å². The van der Waals surface area contributed by atoms with Crippen LogP contribution in [0.3, 0.4) is 0 Å². The Bertz CT molecular complexity index is 1220. The lowest BCUT2D eigenvalue weighted by atomic mass is 9.87. The van der Waals surface area contributed by atoms with Gasteiger partial charge >= 0.3 is 0 Å². The zero-order valence-corrected chi connectivity index (χ0v) is 20.0. The first-order valence-electron chi connectivity index (χ1n) is 11.5. The predicted molar refractivity (Wildman–Crippen MR) is 132 cm³/mol. The van der Waals surface area contributed by atoms with Gasteiger partial charge in [0.25, 0.3) is 5.91 Å². The highest BCUT2D eigenvalue weighted by Crippen LogP contribution is 2.40. The van der Waals surface area contributed by atoms with Gasteiger partial charge in [-0.25, -0.2) is 4.39 Å². The number of hydrogen-bond donors (Lipinski definition) is 2. The number of hydrogen-bond acceptors (Lipinski definition) is 5. The van der Waals surface area contributed by atoms with Gasteiger partial charge in [-0.1, -0.05) is 11.6 Å². The van der Waals surface area contributed by atoms with Gasteiger partial charge in [0, 0.05) is 59.5 Å². The number of pyridine rings is 2. The molecule has 2 aliphatic rings. The summed E-state index contributed by atoms with van der Waals surface area (Å²) in [6.07, 6.45) is 5.39. The van der Waals surface area contributed by atoms with Gasteiger partial charge in [-0.05, 0) is 74.7 Å². The van der Waals surface area contributed by atoms with Crippen molar-refractivity contribution < 1.29 is 9.18 Å². The molecule has 1 aromatic carbocycles.